The molecule has 172 valence electrons. The van der Waals surface area contributed by atoms with Crippen molar-refractivity contribution in [3.63, 3.8) is 0 Å². The van der Waals surface area contributed by atoms with E-state index >= 15 is 0 Å². The molecule has 2 aromatic carbocycles. The highest BCUT2D eigenvalue weighted by molar-refractivity contribution is 6.12. The number of carbonyl (C=O) groups is 2. The van der Waals surface area contributed by atoms with E-state index in [1.54, 1.807) is 16.7 Å². The molecule has 0 radical (unpaired) electrons. The van der Waals surface area contributed by atoms with Crippen molar-refractivity contribution in [3.8, 4) is 11.3 Å². The van der Waals surface area contributed by atoms with Crippen molar-refractivity contribution >= 4 is 17.5 Å². The van der Waals surface area contributed by atoms with Crippen LogP contribution < -0.4 is 10.2 Å². The molecule has 1 N–H and O–H groups in total. The Morgan fingerprint density at radius 2 is 1.88 bits per heavy atom. The molecule has 1 aliphatic heterocycles. The van der Waals surface area contributed by atoms with E-state index < -0.39 is 5.54 Å². The number of anilines is 1. The van der Waals surface area contributed by atoms with Gasteiger partial charge in [0.2, 0.25) is 5.91 Å². The van der Waals surface area contributed by atoms with Crippen molar-refractivity contribution in [1.29, 1.82) is 0 Å². The smallest absolute Gasteiger partial charge is 0.277 e. The summed E-state index contributed by atoms with van der Waals surface area (Å²) in [6.45, 7) is 5.15. The Morgan fingerprint density at radius 1 is 1.15 bits per heavy atom. The second-order valence-corrected chi connectivity index (χ2v) is 8.44. The average molecular weight is 447 g/mol. The number of aromatic nitrogens is 2. The molecule has 0 fully saturated rings. The molecule has 7 nitrogen and oxygen atoms in total. The topological polar surface area (TPSA) is 76.5 Å². The predicted octanol–water partition coefficient (Wildman–Crippen LogP) is 3.68. The number of hydrogen-bond acceptors (Lipinski definition) is 4. The number of amides is 2. The molecule has 3 aromatic rings. The Morgan fingerprint density at radius 3 is 2.61 bits per heavy atom. The lowest BCUT2D eigenvalue weighted by Crippen LogP contribution is -2.64. The minimum Gasteiger partial charge on any atom is -0.385 e. The minimum atomic E-state index is -1.14. The first kappa shape index (κ1) is 22.7. The zero-order valence-electron chi connectivity index (χ0n) is 19.4. The van der Waals surface area contributed by atoms with Crippen LogP contribution in [0.3, 0.4) is 0 Å². The second-order valence-electron chi connectivity index (χ2n) is 8.44. The van der Waals surface area contributed by atoms with Gasteiger partial charge in [-0.25, -0.2) is 0 Å². The fraction of sp³-hybridized carbons (Fsp3) is 0.346. The van der Waals surface area contributed by atoms with Gasteiger partial charge in [0.25, 0.3) is 5.91 Å². The fourth-order valence-corrected chi connectivity index (χ4v) is 4.35. The molecule has 1 aromatic heterocycles. The number of nitrogens with zero attached hydrogens (tertiary/aromatic N) is 3. The number of aryl methyl sites for hydroxylation is 1. The molecule has 33 heavy (non-hydrogen) atoms. The van der Waals surface area contributed by atoms with Crippen LogP contribution in [0.1, 0.15) is 36.3 Å². The summed E-state index contributed by atoms with van der Waals surface area (Å²) in [4.78, 5) is 29.1. The first-order valence-electron chi connectivity index (χ1n) is 11.3. The van der Waals surface area contributed by atoms with Crippen LogP contribution in [-0.4, -0.2) is 47.4 Å². The lowest BCUT2D eigenvalue weighted by Gasteiger charge is -2.43. The zero-order valence-corrected chi connectivity index (χ0v) is 19.4. The second kappa shape index (κ2) is 9.58. The summed E-state index contributed by atoms with van der Waals surface area (Å²) >= 11 is 0. The maximum Gasteiger partial charge on any atom is 0.277 e. The quantitative estimate of drug-likeness (QED) is 0.536. The van der Waals surface area contributed by atoms with Gasteiger partial charge in [0.05, 0.1) is 12.2 Å². The maximum atomic E-state index is 13.9. The van der Waals surface area contributed by atoms with E-state index in [0.29, 0.717) is 31.0 Å². The first-order valence-corrected chi connectivity index (χ1v) is 11.3. The number of benzene rings is 2. The number of fused-ring (bicyclic) bond motifs is 1. The first-order chi connectivity index (χ1) is 16.0. The molecule has 7 heteroatoms. The van der Waals surface area contributed by atoms with Gasteiger partial charge in [0.1, 0.15) is 11.2 Å². The molecule has 1 unspecified atom stereocenters. The van der Waals surface area contributed by atoms with E-state index in [9.17, 15) is 9.59 Å². The van der Waals surface area contributed by atoms with E-state index in [4.69, 9.17) is 9.84 Å². The van der Waals surface area contributed by atoms with Crippen molar-refractivity contribution in [2.75, 3.05) is 25.2 Å². The number of para-hydroxylation sites is 1. The Bertz CT molecular complexity index is 1140. The number of ether oxygens (including phenoxy) is 1. The highest BCUT2D eigenvalue weighted by Gasteiger charge is 2.49. The molecule has 0 aliphatic carbocycles. The van der Waals surface area contributed by atoms with Gasteiger partial charge in [-0.3, -0.25) is 19.2 Å². The Labute approximate surface area is 194 Å². The summed E-state index contributed by atoms with van der Waals surface area (Å²) in [5, 5.41) is 7.70. The van der Waals surface area contributed by atoms with Crippen molar-refractivity contribution < 1.29 is 14.3 Å². The molecule has 0 saturated heterocycles. The van der Waals surface area contributed by atoms with Crippen molar-refractivity contribution in [2.45, 2.75) is 38.8 Å². The van der Waals surface area contributed by atoms with Crippen molar-refractivity contribution in [3.05, 3.63) is 71.9 Å². The van der Waals surface area contributed by atoms with E-state index in [1.807, 2.05) is 74.5 Å². The average Bonchev–Trinajstić information content (AvgIpc) is 3.26. The van der Waals surface area contributed by atoms with Gasteiger partial charge in [-0.2, -0.15) is 5.10 Å². The normalized spacial score (nSPS) is 17.7. The van der Waals surface area contributed by atoms with E-state index in [-0.39, 0.29) is 18.4 Å². The van der Waals surface area contributed by atoms with Gasteiger partial charge in [-0.1, -0.05) is 55.5 Å². The van der Waals surface area contributed by atoms with Crippen LogP contribution in [0.4, 0.5) is 5.69 Å². The fourth-order valence-electron chi connectivity index (χ4n) is 4.35. The van der Waals surface area contributed by atoms with Crippen LogP contribution in [0.2, 0.25) is 0 Å². The number of methoxy groups -OCH3 is 1. The third kappa shape index (κ3) is 4.28. The highest BCUT2D eigenvalue weighted by atomic mass is 16.5. The van der Waals surface area contributed by atoms with E-state index in [0.717, 1.165) is 23.2 Å². The zero-order chi connectivity index (χ0) is 23.4. The number of nitrogens with one attached hydrogen (secondary N) is 1. The Hall–Kier alpha value is -3.45. The van der Waals surface area contributed by atoms with Gasteiger partial charge in [-0.15, -0.1) is 0 Å². The standard InChI is InChI=1S/C26H30N4O3/c1-4-19-11-8-9-14-22(19)30-24(31)23-17-21(20-12-6-5-7-13-20)28-29(23)18-26(30,2)25(32)27-15-10-16-33-3/h5-9,11-14,17H,4,10,15-16,18H2,1-3H3,(H,27,32). The number of hydrogen-bond donors (Lipinski definition) is 1. The van der Waals surface area contributed by atoms with Crippen molar-refractivity contribution in [1.82, 2.24) is 15.1 Å². The maximum absolute atomic E-state index is 13.9. The Kier molecular flexibility index (Phi) is 6.60. The highest BCUT2D eigenvalue weighted by Crippen LogP contribution is 2.36. The summed E-state index contributed by atoms with van der Waals surface area (Å²) in [7, 11) is 1.63. The Balaban J connectivity index is 1.78. The summed E-state index contributed by atoms with van der Waals surface area (Å²) in [5.74, 6) is -0.438. The van der Waals surface area contributed by atoms with Crippen LogP contribution in [0.5, 0.6) is 0 Å². The third-order valence-corrected chi connectivity index (χ3v) is 6.14. The van der Waals surface area contributed by atoms with Crippen LogP contribution in [0.15, 0.2) is 60.7 Å². The summed E-state index contributed by atoms with van der Waals surface area (Å²) in [6.07, 6.45) is 1.45. The number of rotatable bonds is 8. The monoisotopic (exact) mass is 446 g/mol. The van der Waals surface area contributed by atoms with Crippen LogP contribution in [-0.2, 0) is 22.5 Å². The van der Waals surface area contributed by atoms with Crippen LogP contribution in [0.25, 0.3) is 11.3 Å². The predicted molar refractivity (Wildman–Crippen MR) is 128 cm³/mol. The molecule has 2 amide bonds. The molecule has 0 bridgehead atoms. The summed E-state index contributed by atoms with van der Waals surface area (Å²) in [5.41, 5.74) is 2.76. The molecular formula is C26H30N4O3. The summed E-state index contributed by atoms with van der Waals surface area (Å²) < 4.78 is 6.76. The summed E-state index contributed by atoms with van der Waals surface area (Å²) in [6, 6.07) is 19.3. The largest absolute Gasteiger partial charge is 0.385 e. The third-order valence-electron chi connectivity index (χ3n) is 6.14. The van der Waals surface area contributed by atoms with E-state index in [2.05, 4.69) is 5.32 Å². The lowest BCUT2D eigenvalue weighted by molar-refractivity contribution is -0.126. The van der Waals surface area contributed by atoms with Crippen LogP contribution >= 0.6 is 0 Å². The number of carbonyl (C=O) groups excluding carboxylic acids is 2. The molecule has 1 atom stereocenters. The van der Waals surface area contributed by atoms with Crippen molar-refractivity contribution in [2.24, 2.45) is 0 Å². The molecule has 1 aliphatic rings. The van der Waals surface area contributed by atoms with Gasteiger partial charge < -0.3 is 10.1 Å². The SMILES string of the molecule is CCc1ccccc1N1C(=O)c2cc(-c3ccccc3)nn2CC1(C)C(=O)NCCCOC. The molecule has 2 heterocycles. The molecule has 0 saturated carbocycles. The van der Waals surface area contributed by atoms with Crippen LogP contribution in [0, 0.1) is 0 Å². The van der Waals surface area contributed by atoms with Gasteiger partial charge in [0.15, 0.2) is 0 Å². The van der Waals surface area contributed by atoms with E-state index in [1.165, 1.54) is 0 Å². The molecule has 0 spiro atoms. The lowest BCUT2D eigenvalue weighted by atomic mass is 9.92. The van der Waals surface area contributed by atoms with Gasteiger partial charge in [-0.05, 0) is 37.5 Å². The minimum absolute atomic E-state index is 0.208. The van der Waals surface area contributed by atoms with Gasteiger partial charge in [0, 0.05) is 31.5 Å². The molecular weight excluding hydrogens is 416 g/mol. The molecule has 4 rings (SSSR count). The van der Waals surface area contributed by atoms with Gasteiger partial charge >= 0.3 is 0 Å².